The van der Waals surface area contributed by atoms with Gasteiger partial charge in [0.05, 0.1) is 0 Å². The van der Waals surface area contributed by atoms with Crippen molar-refractivity contribution in [3.05, 3.63) is 24.3 Å². The normalized spacial score (nSPS) is 10.7. The van der Waals surface area contributed by atoms with E-state index in [0.29, 0.717) is 6.61 Å². The van der Waals surface area contributed by atoms with E-state index in [2.05, 4.69) is 24.8 Å². The molecule has 0 unspecified atom stereocenters. The van der Waals surface area contributed by atoms with E-state index in [1.165, 1.54) is 5.69 Å². The summed E-state index contributed by atoms with van der Waals surface area (Å²) in [6.45, 7) is 6.64. The van der Waals surface area contributed by atoms with E-state index in [9.17, 15) is 0 Å². The third-order valence-electron chi connectivity index (χ3n) is 2.86. The van der Waals surface area contributed by atoms with Crippen LogP contribution in [-0.4, -0.2) is 40.2 Å². The van der Waals surface area contributed by atoms with E-state index < -0.39 is 0 Å². The summed E-state index contributed by atoms with van der Waals surface area (Å²) in [7, 11) is 3.20. The van der Waals surface area contributed by atoms with Crippen LogP contribution in [0, 0.1) is 0 Å². The van der Waals surface area contributed by atoms with Crippen LogP contribution < -0.4 is 9.64 Å². The first kappa shape index (κ1) is 14.8. The number of hydrogen-bond acceptors (Lipinski definition) is 4. The van der Waals surface area contributed by atoms with Gasteiger partial charge < -0.3 is 19.1 Å². The quantitative estimate of drug-likeness (QED) is 0.666. The lowest BCUT2D eigenvalue weighted by atomic mass is 10.2. The number of anilines is 1. The van der Waals surface area contributed by atoms with Crippen molar-refractivity contribution in [3.8, 4) is 5.75 Å². The van der Waals surface area contributed by atoms with Crippen LogP contribution in [0.4, 0.5) is 5.69 Å². The van der Waals surface area contributed by atoms with Crippen LogP contribution in [0.3, 0.4) is 0 Å². The van der Waals surface area contributed by atoms with E-state index in [1.807, 2.05) is 18.2 Å². The van der Waals surface area contributed by atoms with Crippen LogP contribution in [0.5, 0.6) is 5.75 Å². The van der Waals surface area contributed by atoms with Crippen LogP contribution in [-0.2, 0) is 9.47 Å². The predicted octanol–water partition coefficient (Wildman–Crippen LogP) is 2.53. The summed E-state index contributed by atoms with van der Waals surface area (Å²) in [5, 5.41) is 0. The molecular formula is C14H23NO3. The molecule has 18 heavy (non-hydrogen) atoms. The average Bonchev–Trinajstić information content (AvgIpc) is 2.42. The van der Waals surface area contributed by atoms with E-state index in [0.717, 1.165) is 18.8 Å². The zero-order chi connectivity index (χ0) is 13.4. The Morgan fingerprint density at radius 1 is 1.11 bits per heavy atom. The highest BCUT2D eigenvalue weighted by molar-refractivity contribution is 5.50. The molecule has 0 fully saturated rings. The molecular weight excluding hydrogens is 230 g/mol. The summed E-state index contributed by atoms with van der Waals surface area (Å²) in [6.07, 6.45) is -0.331. The largest absolute Gasteiger partial charge is 0.488 e. The van der Waals surface area contributed by atoms with Crippen molar-refractivity contribution in [2.75, 3.05) is 38.8 Å². The number of nitrogens with zero attached hydrogens (tertiary/aromatic N) is 1. The Morgan fingerprint density at radius 2 is 1.78 bits per heavy atom. The Morgan fingerprint density at radius 3 is 2.33 bits per heavy atom. The first-order valence-electron chi connectivity index (χ1n) is 6.28. The Hall–Kier alpha value is -1.26. The second kappa shape index (κ2) is 7.95. The zero-order valence-electron chi connectivity index (χ0n) is 11.7. The lowest BCUT2D eigenvalue weighted by Crippen LogP contribution is -2.23. The summed E-state index contributed by atoms with van der Waals surface area (Å²) in [5.41, 5.74) is 1.17. The minimum atomic E-state index is -0.331. The van der Waals surface area contributed by atoms with Crippen LogP contribution in [0.1, 0.15) is 13.8 Å². The van der Waals surface area contributed by atoms with E-state index in [-0.39, 0.29) is 6.29 Å². The van der Waals surface area contributed by atoms with Gasteiger partial charge in [0.1, 0.15) is 12.4 Å². The minimum absolute atomic E-state index is 0.331. The highest BCUT2D eigenvalue weighted by Crippen LogP contribution is 2.21. The molecule has 4 nitrogen and oxygen atoms in total. The fraction of sp³-hybridized carbons (Fsp3) is 0.571. The van der Waals surface area contributed by atoms with Gasteiger partial charge >= 0.3 is 0 Å². The summed E-state index contributed by atoms with van der Waals surface area (Å²) in [6, 6.07) is 8.06. The predicted molar refractivity (Wildman–Crippen MR) is 73.3 cm³/mol. The standard InChI is InChI=1S/C14H23NO3/c1-5-15(6-2)12-8-7-9-13(10-12)18-11-14(16-3)17-4/h7-10,14H,5-6,11H2,1-4H3. The van der Waals surface area contributed by atoms with Gasteiger partial charge in [-0.25, -0.2) is 0 Å². The topological polar surface area (TPSA) is 30.9 Å². The van der Waals surface area contributed by atoms with Gasteiger partial charge in [0.2, 0.25) is 0 Å². The van der Waals surface area contributed by atoms with E-state index in [4.69, 9.17) is 14.2 Å². The molecule has 0 radical (unpaired) electrons. The molecule has 0 N–H and O–H groups in total. The number of rotatable bonds is 8. The molecule has 4 heteroatoms. The monoisotopic (exact) mass is 253 g/mol. The Bertz CT molecular complexity index is 336. The maximum absolute atomic E-state index is 5.65. The zero-order valence-corrected chi connectivity index (χ0v) is 11.7. The van der Waals surface area contributed by atoms with Crippen molar-refractivity contribution in [1.29, 1.82) is 0 Å². The van der Waals surface area contributed by atoms with Crippen LogP contribution in [0.25, 0.3) is 0 Å². The van der Waals surface area contributed by atoms with E-state index >= 15 is 0 Å². The second-order valence-electron chi connectivity index (χ2n) is 3.88. The van der Waals surface area contributed by atoms with Gasteiger partial charge in [-0.1, -0.05) is 6.07 Å². The molecule has 102 valence electrons. The lowest BCUT2D eigenvalue weighted by Gasteiger charge is -2.22. The number of benzene rings is 1. The molecule has 1 aromatic carbocycles. The molecule has 0 aliphatic rings. The third-order valence-corrected chi connectivity index (χ3v) is 2.86. The van der Waals surface area contributed by atoms with Gasteiger partial charge in [0.25, 0.3) is 0 Å². The number of hydrogen-bond donors (Lipinski definition) is 0. The van der Waals surface area contributed by atoms with Gasteiger partial charge in [-0.05, 0) is 26.0 Å². The van der Waals surface area contributed by atoms with Gasteiger partial charge in [0.15, 0.2) is 6.29 Å². The molecule has 1 aromatic rings. The first-order valence-corrected chi connectivity index (χ1v) is 6.28. The van der Waals surface area contributed by atoms with Crippen molar-refractivity contribution in [2.45, 2.75) is 20.1 Å². The Labute approximate surface area is 109 Å². The van der Waals surface area contributed by atoms with Gasteiger partial charge in [-0.15, -0.1) is 0 Å². The van der Waals surface area contributed by atoms with Crippen molar-refractivity contribution < 1.29 is 14.2 Å². The summed E-state index contributed by atoms with van der Waals surface area (Å²) >= 11 is 0. The summed E-state index contributed by atoms with van der Waals surface area (Å²) in [4.78, 5) is 2.27. The summed E-state index contributed by atoms with van der Waals surface area (Å²) < 4.78 is 15.8. The van der Waals surface area contributed by atoms with Crippen molar-refractivity contribution in [1.82, 2.24) is 0 Å². The molecule has 0 saturated heterocycles. The fourth-order valence-electron chi connectivity index (χ4n) is 1.76. The maximum atomic E-state index is 5.65. The Balaban J connectivity index is 2.64. The van der Waals surface area contributed by atoms with Gasteiger partial charge in [-0.2, -0.15) is 0 Å². The first-order chi connectivity index (χ1) is 8.74. The molecule has 0 amide bonds. The van der Waals surface area contributed by atoms with Crippen molar-refractivity contribution >= 4 is 5.69 Å². The van der Waals surface area contributed by atoms with E-state index in [1.54, 1.807) is 14.2 Å². The van der Waals surface area contributed by atoms with Gasteiger partial charge in [0, 0.05) is 39.1 Å². The molecule has 0 aromatic heterocycles. The molecule has 0 spiro atoms. The van der Waals surface area contributed by atoms with Crippen LogP contribution >= 0.6 is 0 Å². The molecule has 0 heterocycles. The minimum Gasteiger partial charge on any atom is -0.488 e. The number of methoxy groups -OCH3 is 2. The molecule has 0 aliphatic heterocycles. The van der Waals surface area contributed by atoms with Crippen LogP contribution in [0.15, 0.2) is 24.3 Å². The van der Waals surface area contributed by atoms with Crippen molar-refractivity contribution in [3.63, 3.8) is 0 Å². The molecule has 1 rings (SSSR count). The average molecular weight is 253 g/mol. The highest BCUT2D eigenvalue weighted by Gasteiger charge is 2.07. The number of ether oxygens (including phenoxy) is 3. The van der Waals surface area contributed by atoms with Crippen molar-refractivity contribution in [2.24, 2.45) is 0 Å². The molecule has 0 aliphatic carbocycles. The highest BCUT2D eigenvalue weighted by atomic mass is 16.7. The lowest BCUT2D eigenvalue weighted by molar-refractivity contribution is -0.121. The fourth-order valence-corrected chi connectivity index (χ4v) is 1.76. The van der Waals surface area contributed by atoms with Crippen LogP contribution in [0.2, 0.25) is 0 Å². The van der Waals surface area contributed by atoms with Gasteiger partial charge in [-0.3, -0.25) is 0 Å². The summed E-state index contributed by atoms with van der Waals surface area (Å²) in [5.74, 6) is 0.832. The third kappa shape index (κ3) is 4.20. The smallest absolute Gasteiger partial charge is 0.191 e. The Kier molecular flexibility index (Phi) is 6.54. The molecule has 0 saturated carbocycles. The molecule has 0 bridgehead atoms. The molecule has 0 atom stereocenters. The second-order valence-corrected chi connectivity index (χ2v) is 3.88. The SMILES string of the molecule is CCN(CC)c1cccc(OCC(OC)OC)c1. The maximum Gasteiger partial charge on any atom is 0.191 e.